The highest BCUT2D eigenvalue weighted by atomic mass is 14.6. The maximum absolute atomic E-state index is 6.09. The summed E-state index contributed by atoms with van der Waals surface area (Å²) in [7, 11) is 0. The molecule has 0 aliphatic heterocycles. The van der Waals surface area contributed by atoms with E-state index in [1.54, 1.807) is 0 Å². The Kier molecular flexibility index (Phi) is 2.26. The van der Waals surface area contributed by atoms with Crippen molar-refractivity contribution >= 4 is 0 Å². The van der Waals surface area contributed by atoms with Crippen LogP contribution in [-0.2, 0) is 6.42 Å². The van der Waals surface area contributed by atoms with Gasteiger partial charge in [0.25, 0.3) is 0 Å². The van der Waals surface area contributed by atoms with Gasteiger partial charge in [-0.1, -0.05) is 42.5 Å². The summed E-state index contributed by atoms with van der Waals surface area (Å²) in [5.41, 5.74) is 11.4. The number of hydrogen-bond donors (Lipinski definition) is 1. The molecule has 2 aromatic carbocycles. The first-order chi connectivity index (χ1) is 7.84. The first-order valence-corrected chi connectivity index (χ1v) is 5.78. The number of fused-ring (bicyclic) bond motifs is 1. The number of nitrogens with two attached hydrogens (primary N) is 1. The van der Waals surface area contributed by atoms with Gasteiger partial charge in [0.1, 0.15) is 0 Å². The van der Waals surface area contributed by atoms with Crippen LogP contribution in [-0.4, -0.2) is 0 Å². The monoisotopic (exact) mass is 209 g/mol. The smallest absolute Gasteiger partial charge is 0.0300 e. The van der Waals surface area contributed by atoms with E-state index < -0.39 is 0 Å². The summed E-state index contributed by atoms with van der Waals surface area (Å²) >= 11 is 0. The van der Waals surface area contributed by atoms with E-state index in [0.29, 0.717) is 0 Å². The molecule has 0 amide bonds. The van der Waals surface area contributed by atoms with Crippen molar-refractivity contribution in [3.8, 4) is 11.1 Å². The van der Waals surface area contributed by atoms with E-state index in [1.807, 2.05) is 6.07 Å². The Bertz CT molecular complexity index is 502. The summed E-state index contributed by atoms with van der Waals surface area (Å²) in [4.78, 5) is 0. The van der Waals surface area contributed by atoms with Crippen LogP contribution in [0.25, 0.3) is 11.1 Å². The van der Waals surface area contributed by atoms with Gasteiger partial charge in [-0.15, -0.1) is 0 Å². The van der Waals surface area contributed by atoms with Crippen molar-refractivity contribution in [1.82, 2.24) is 0 Å². The quantitative estimate of drug-likeness (QED) is 0.766. The molecule has 2 N–H and O–H groups in total. The van der Waals surface area contributed by atoms with E-state index in [9.17, 15) is 0 Å². The summed E-state index contributed by atoms with van der Waals surface area (Å²) in [5, 5.41) is 0. The van der Waals surface area contributed by atoms with Gasteiger partial charge < -0.3 is 5.73 Å². The van der Waals surface area contributed by atoms with E-state index in [0.717, 1.165) is 12.8 Å². The molecule has 0 aromatic heterocycles. The molecule has 16 heavy (non-hydrogen) atoms. The lowest BCUT2D eigenvalue weighted by Crippen LogP contribution is -2.05. The second-order valence-electron chi connectivity index (χ2n) is 4.42. The Hall–Kier alpha value is -1.60. The first-order valence-electron chi connectivity index (χ1n) is 5.78. The Morgan fingerprint density at radius 1 is 0.938 bits per heavy atom. The average Bonchev–Trinajstić information content (AvgIpc) is 2.72. The molecular formula is C15H15N. The molecule has 0 spiro atoms. The fourth-order valence-electron chi connectivity index (χ4n) is 2.44. The molecule has 0 saturated heterocycles. The van der Waals surface area contributed by atoms with Gasteiger partial charge in [-0.3, -0.25) is 0 Å². The predicted octanol–water partition coefficient (Wildman–Crippen LogP) is 3.30. The van der Waals surface area contributed by atoms with Crippen LogP contribution in [0, 0.1) is 0 Å². The van der Waals surface area contributed by atoms with Gasteiger partial charge >= 0.3 is 0 Å². The molecule has 0 heterocycles. The predicted molar refractivity (Wildman–Crippen MR) is 67.1 cm³/mol. The van der Waals surface area contributed by atoms with Gasteiger partial charge in [-0.05, 0) is 41.2 Å². The number of benzene rings is 2. The first kappa shape index (κ1) is 9.61. The van der Waals surface area contributed by atoms with Crippen molar-refractivity contribution in [3.63, 3.8) is 0 Å². The second-order valence-corrected chi connectivity index (χ2v) is 4.42. The summed E-state index contributed by atoms with van der Waals surface area (Å²) in [6, 6.07) is 17.4. The highest BCUT2D eigenvalue weighted by Crippen LogP contribution is 2.32. The van der Waals surface area contributed by atoms with Gasteiger partial charge in [-0.25, -0.2) is 0 Å². The largest absolute Gasteiger partial charge is 0.324 e. The Morgan fingerprint density at radius 2 is 1.75 bits per heavy atom. The van der Waals surface area contributed by atoms with Crippen LogP contribution < -0.4 is 5.73 Å². The van der Waals surface area contributed by atoms with Gasteiger partial charge in [0.05, 0.1) is 0 Å². The number of rotatable bonds is 1. The minimum Gasteiger partial charge on any atom is -0.324 e. The normalized spacial score (nSPS) is 18.4. The van der Waals surface area contributed by atoms with Crippen molar-refractivity contribution in [2.45, 2.75) is 18.9 Å². The zero-order valence-electron chi connectivity index (χ0n) is 9.19. The van der Waals surface area contributed by atoms with E-state index >= 15 is 0 Å². The third kappa shape index (κ3) is 1.54. The van der Waals surface area contributed by atoms with E-state index in [4.69, 9.17) is 5.73 Å². The number of aryl methyl sites for hydroxylation is 1. The van der Waals surface area contributed by atoms with Crippen LogP contribution in [0.15, 0.2) is 48.5 Å². The molecule has 0 radical (unpaired) electrons. The van der Waals surface area contributed by atoms with Crippen LogP contribution in [0.1, 0.15) is 23.6 Å². The van der Waals surface area contributed by atoms with Gasteiger partial charge in [0, 0.05) is 6.04 Å². The van der Waals surface area contributed by atoms with Crippen molar-refractivity contribution in [1.29, 1.82) is 0 Å². The second kappa shape index (κ2) is 3.76. The van der Waals surface area contributed by atoms with Gasteiger partial charge in [-0.2, -0.15) is 0 Å². The van der Waals surface area contributed by atoms with E-state index in [-0.39, 0.29) is 6.04 Å². The molecule has 1 heteroatoms. The zero-order valence-corrected chi connectivity index (χ0v) is 9.19. The molecule has 3 rings (SSSR count). The molecule has 0 bridgehead atoms. The van der Waals surface area contributed by atoms with E-state index in [2.05, 4.69) is 42.5 Å². The van der Waals surface area contributed by atoms with Gasteiger partial charge in [0.15, 0.2) is 0 Å². The van der Waals surface area contributed by atoms with Crippen LogP contribution >= 0.6 is 0 Å². The van der Waals surface area contributed by atoms with Crippen LogP contribution in [0.5, 0.6) is 0 Å². The van der Waals surface area contributed by atoms with Crippen LogP contribution in [0.3, 0.4) is 0 Å². The summed E-state index contributed by atoms with van der Waals surface area (Å²) in [5.74, 6) is 0. The fourth-order valence-corrected chi connectivity index (χ4v) is 2.44. The standard InChI is InChI=1S/C15H15N/c16-15-9-8-12-6-7-13(10-14(12)15)11-4-2-1-3-5-11/h1-7,10,15H,8-9,16H2/t15-/m0/s1. The van der Waals surface area contributed by atoms with Crippen LogP contribution in [0.2, 0.25) is 0 Å². The summed E-state index contributed by atoms with van der Waals surface area (Å²) in [6.07, 6.45) is 2.22. The highest BCUT2D eigenvalue weighted by molar-refractivity contribution is 5.65. The third-order valence-electron chi connectivity index (χ3n) is 3.38. The topological polar surface area (TPSA) is 26.0 Å². The Balaban J connectivity index is 2.08. The molecule has 2 aromatic rings. The number of hydrogen-bond acceptors (Lipinski definition) is 1. The zero-order chi connectivity index (χ0) is 11.0. The average molecular weight is 209 g/mol. The van der Waals surface area contributed by atoms with Gasteiger partial charge in [0.2, 0.25) is 0 Å². The molecular weight excluding hydrogens is 194 g/mol. The molecule has 1 aliphatic rings. The maximum atomic E-state index is 6.09. The lowest BCUT2D eigenvalue weighted by atomic mass is 10.00. The van der Waals surface area contributed by atoms with Crippen molar-refractivity contribution in [2.24, 2.45) is 5.73 Å². The van der Waals surface area contributed by atoms with Crippen molar-refractivity contribution < 1.29 is 0 Å². The van der Waals surface area contributed by atoms with E-state index in [1.165, 1.54) is 22.3 Å². The minimum atomic E-state index is 0.235. The highest BCUT2D eigenvalue weighted by Gasteiger charge is 2.18. The maximum Gasteiger partial charge on any atom is 0.0300 e. The van der Waals surface area contributed by atoms with Crippen LogP contribution in [0.4, 0.5) is 0 Å². The molecule has 80 valence electrons. The fraction of sp³-hybridized carbons (Fsp3) is 0.200. The SMILES string of the molecule is N[C@H]1CCc2ccc(-c3ccccc3)cc21. The molecule has 0 unspecified atom stereocenters. The van der Waals surface area contributed by atoms with Crippen molar-refractivity contribution in [3.05, 3.63) is 59.7 Å². The Morgan fingerprint density at radius 3 is 2.56 bits per heavy atom. The molecule has 0 fully saturated rings. The third-order valence-corrected chi connectivity index (χ3v) is 3.38. The lowest BCUT2D eigenvalue weighted by Gasteiger charge is -2.08. The molecule has 1 aliphatic carbocycles. The minimum absolute atomic E-state index is 0.235. The summed E-state index contributed by atoms with van der Waals surface area (Å²) in [6.45, 7) is 0. The molecule has 1 atom stereocenters. The Labute approximate surface area is 95.9 Å². The lowest BCUT2D eigenvalue weighted by molar-refractivity contribution is 0.713. The summed E-state index contributed by atoms with van der Waals surface area (Å²) < 4.78 is 0. The molecule has 1 nitrogen and oxygen atoms in total. The van der Waals surface area contributed by atoms with Crippen molar-refractivity contribution in [2.75, 3.05) is 0 Å². The molecule has 0 saturated carbocycles.